The number of fused-ring (bicyclic) bond motifs is 1. The number of rotatable bonds is 2. The van der Waals surface area contributed by atoms with Gasteiger partial charge in [-0.25, -0.2) is 0 Å². The molecule has 1 amide bonds. The van der Waals surface area contributed by atoms with Crippen LogP contribution in [0.4, 0.5) is 5.69 Å². The van der Waals surface area contributed by atoms with Crippen molar-refractivity contribution in [3.05, 3.63) is 24.3 Å². The van der Waals surface area contributed by atoms with Crippen LogP contribution in [-0.2, 0) is 4.79 Å². The SMILES string of the molecule is O=C(CC1CNC1)N1CCSc2ccccc21. The Morgan fingerprint density at radius 1 is 1.41 bits per heavy atom. The number of amides is 1. The van der Waals surface area contributed by atoms with Crippen molar-refractivity contribution in [2.75, 3.05) is 30.3 Å². The van der Waals surface area contributed by atoms with Crippen LogP contribution in [0.1, 0.15) is 6.42 Å². The van der Waals surface area contributed by atoms with E-state index in [-0.39, 0.29) is 5.91 Å². The standard InChI is InChI=1S/C13H16N2OS/c16-13(7-10-8-14-9-10)15-5-6-17-12-4-2-1-3-11(12)15/h1-4,10,14H,5-9H2. The average Bonchev–Trinajstić information content (AvgIpc) is 2.33. The van der Waals surface area contributed by atoms with Gasteiger partial charge in [-0.3, -0.25) is 4.79 Å². The molecule has 0 radical (unpaired) electrons. The molecule has 2 aliphatic heterocycles. The second-order valence-corrected chi connectivity index (χ2v) is 5.73. The van der Waals surface area contributed by atoms with Gasteiger partial charge in [0, 0.05) is 23.6 Å². The van der Waals surface area contributed by atoms with Crippen molar-refractivity contribution in [2.45, 2.75) is 11.3 Å². The first-order chi connectivity index (χ1) is 8.34. The van der Waals surface area contributed by atoms with Gasteiger partial charge in [-0.1, -0.05) is 12.1 Å². The molecule has 3 rings (SSSR count). The van der Waals surface area contributed by atoms with E-state index in [9.17, 15) is 4.79 Å². The lowest BCUT2D eigenvalue weighted by molar-refractivity contribution is -0.119. The Hall–Kier alpha value is -1.00. The fourth-order valence-corrected chi connectivity index (χ4v) is 3.27. The van der Waals surface area contributed by atoms with E-state index in [0.29, 0.717) is 12.3 Å². The number of thioether (sulfide) groups is 1. The van der Waals surface area contributed by atoms with Crippen molar-refractivity contribution in [2.24, 2.45) is 5.92 Å². The molecule has 1 N–H and O–H groups in total. The summed E-state index contributed by atoms with van der Waals surface area (Å²) >= 11 is 1.84. The molecule has 2 heterocycles. The number of anilines is 1. The van der Waals surface area contributed by atoms with Crippen LogP contribution in [-0.4, -0.2) is 31.3 Å². The highest BCUT2D eigenvalue weighted by molar-refractivity contribution is 7.99. The molecule has 0 unspecified atom stereocenters. The Morgan fingerprint density at radius 2 is 2.24 bits per heavy atom. The zero-order chi connectivity index (χ0) is 11.7. The zero-order valence-corrected chi connectivity index (χ0v) is 10.5. The van der Waals surface area contributed by atoms with Gasteiger partial charge in [-0.05, 0) is 31.1 Å². The van der Waals surface area contributed by atoms with Gasteiger partial charge in [0.25, 0.3) is 0 Å². The van der Waals surface area contributed by atoms with Crippen LogP contribution in [0.5, 0.6) is 0 Å². The minimum Gasteiger partial charge on any atom is -0.316 e. The first kappa shape index (κ1) is 11.1. The number of para-hydroxylation sites is 1. The van der Waals surface area contributed by atoms with Crippen LogP contribution < -0.4 is 10.2 Å². The van der Waals surface area contributed by atoms with Gasteiger partial charge in [-0.15, -0.1) is 11.8 Å². The van der Waals surface area contributed by atoms with E-state index in [1.165, 1.54) is 4.90 Å². The van der Waals surface area contributed by atoms with Crippen LogP contribution in [0, 0.1) is 5.92 Å². The molecular formula is C13H16N2OS. The molecule has 1 fully saturated rings. The maximum Gasteiger partial charge on any atom is 0.227 e. The van der Waals surface area contributed by atoms with Gasteiger partial charge in [0.15, 0.2) is 0 Å². The van der Waals surface area contributed by atoms with E-state index < -0.39 is 0 Å². The molecule has 2 aliphatic rings. The maximum absolute atomic E-state index is 12.3. The van der Waals surface area contributed by atoms with Crippen molar-refractivity contribution in [3.63, 3.8) is 0 Å². The summed E-state index contributed by atoms with van der Waals surface area (Å²) < 4.78 is 0. The lowest BCUT2D eigenvalue weighted by atomic mass is 9.98. The molecule has 1 saturated heterocycles. The Bertz CT molecular complexity index is 431. The largest absolute Gasteiger partial charge is 0.316 e. The minimum atomic E-state index is 0.282. The normalized spacial score (nSPS) is 19.6. The number of carbonyl (C=O) groups is 1. The molecule has 1 aromatic carbocycles. The van der Waals surface area contributed by atoms with Crippen LogP contribution in [0.15, 0.2) is 29.2 Å². The zero-order valence-electron chi connectivity index (χ0n) is 9.69. The van der Waals surface area contributed by atoms with E-state index in [4.69, 9.17) is 0 Å². The third kappa shape index (κ3) is 2.19. The van der Waals surface area contributed by atoms with E-state index in [1.807, 2.05) is 28.8 Å². The first-order valence-corrected chi connectivity index (χ1v) is 7.06. The van der Waals surface area contributed by atoms with Crippen LogP contribution in [0.3, 0.4) is 0 Å². The Kier molecular flexibility index (Phi) is 3.07. The lowest BCUT2D eigenvalue weighted by Gasteiger charge is -2.32. The number of nitrogens with zero attached hydrogens (tertiary/aromatic N) is 1. The fraction of sp³-hybridized carbons (Fsp3) is 0.462. The molecule has 90 valence electrons. The number of carbonyl (C=O) groups excluding carboxylic acids is 1. The number of hydrogen-bond acceptors (Lipinski definition) is 3. The monoisotopic (exact) mass is 248 g/mol. The van der Waals surface area contributed by atoms with E-state index >= 15 is 0 Å². The smallest absolute Gasteiger partial charge is 0.227 e. The van der Waals surface area contributed by atoms with Crippen LogP contribution in [0.25, 0.3) is 0 Å². The Morgan fingerprint density at radius 3 is 3.00 bits per heavy atom. The summed E-state index contributed by atoms with van der Waals surface area (Å²) in [5.74, 6) is 1.83. The van der Waals surface area contributed by atoms with E-state index in [2.05, 4.69) is 17.4 Å². The predicted octanol–water partition coefficient (Wildman–Crippen LogP) is 1.73. The summed E-state index contributed by atoms with van der Waals surface area (Å²) in [6.45, 7) is 2.84. The van der Waals surface area contributed by atoms with Crippen molar-refractivity contribution in [1.82, 2.24) is 5.32 Å². The number of hydrogen-bond donors (Lipinski definition) is 1. The number of benzene rings is 1. The van der Waals surface area contributed by atoms with Crippen molar-refractivity contribution < 1.29 is 4.79 Å². The third-order valence-corrected chi connectivity index (χ3v) is 4.40. The summed E-state index contributed by atoms with van der Waals surface area (Å²) in [6.07, 6.45) is 0.687. The quantitative estimate of drug-likeness (QED) is 0.865. The van der Waals surface area contributed by atoms with Crippen molar-refractivity contribution >= 4 is 23.4 Å². The second kappa shape index (κ2) is 4.70. The summed E-state index contributed by atoms with van der Waals surface area (Å²) in [5, 5.41) is 3.21. The summed E-state index contributed by atoms with van der Waals surface area (Å²) in [7, 11) is 0. The van der Waals surface area contributed by atoms with E-state index in [1.54, 1.807) is 0 Å². The predicted molar refractivity (Wildman–Crippen MR) is 70.5 cm³/mol. The van der Waals surface area contributed by atoms with E-state index in [0.717, 1.165) is 31.1 Å². The van der Waals surface area contributed by atoms with Crippen molar-refractivity contribution in [3.8, 4) is 0 Å². The highest BCUT2D eigenvalue weighted by Crippen LogP contribution is 2.34. The molecule has 17 heavy (non-hydrogen) atoms. The molecule has 3 nitrogen and oxygen atoms in total. The molecule has 4 heteroatoms. The molecule has 0 aromatic heterocycles. The fourth-order valence-electron chi connectivity index (χ4n) is 2.28. The second-order valence-electron chi connectivity index (χ2n) is 4.59. The molecule has 0 aliphatic carbocycles. The van der Waals surface area contributed by atoms with Crippen LogP contribution >= 0.6 is 11.8 Å². The molecule has 0 spiro atoms. The molecule has 0 atom stereocenters. The number of nitrogens with one attached hydrogen (secondary N) is 1. The average molecular weight is 248 g/mol. The van der Waals surface area contributed by atoms with Gasteiger partial charge in [0.2, 0.25) is 5.91 Å². The minimum absolute atomic E-state index is 0.282. The molecule has 0 saturated carbocycles. The van der Waals surface area contributed by atoms with Crippen LogP contribution in [0.2, 0.25) is 0 Å². The van der Waals surface area contributed by atoms with Gasteiger partial charge in [0.1, 0.15) is 0 Å². The van der Waals surface area contributed by atoms with Gasteiger partial charge >= 0.3 is 0 Å². The van der Waals surface area contributed by atoms with Gasteiger partial charge in [-0.2, -0.15) is 0 Å². The summed E-state index contributed by atoms with van der Waals surface area (Å²) in [6, 6.07) is 8.20. The summed E-state index contributed by atoms with van der Waals surface area (Å²) in [4.78, 5) is 15.5. The lowest BCUT2D eigenvalue weighted by Crippen LogP contribution is -2.46. The molecular weight excluding hydrogens is 232 g/mol. The Labute approximate surface area is 106 Å². The van der Waals surface area contributed by atoms with Crippen molar-refractivity contribution in [1.29, 1.82) is 0 Å². The highest BCUT2D eigenvalue weighted by Gasteiger charge is 2.27. The van der Waals surface area contributed by atoms with Gasteiger partial charge in [0.05, 0.1) is 5.69 Å². The maximum atomic E-state index is 12.3. The molecule has 1 aromatic rings. The topological polar surface area (TPSA) is 32.3 Å². The first-order valence-electron chi connectivity index (χ1n) is 6.07. The Balaban J connectivity index is 1.77. The third-order valence-electron chi connectivity index (χ3n) is 3.36. The van der Waals surface area contributed by atoms with Gasteiger partial charge < -0.3 is 10.2 Å². The summed E-state index contributed by atoms with van der Waals surface area (Å²) in [5.41, 5.74) is 1.10. The molecule has 0 bridgehead atoms. The highest BCUT2D eigenvalue weighted by atomic mass is 32.2.